The van der Waals surface area contributed by atoms with Crippen LogP contribution in [0.2, 0.25) is 0 Å². The largest absolute Gasteiger partial charge is 0.394 e. The molecule has 1 aliphatic heterocycles. The van der Waals surface area contributed by atoms with Gasteiger partial charge in [0.1, 0.15) is 5.82 Å². The lowest BCUT2D eigenvalue weighted by Gasteiger charge is -2.70. The van der Waals surface area contributed by atoms with Crippen molar-refractivity contribution in [3.05, 3.63) is 45.8 Å². The van der Waals surface area contributed by atoms with Crippen LogP contribution in [-0.2, 0) is 10.2 Å². The number of anilines is 2. The van der Waals surface area contributed by atoms with Crippen molar-refractivity contribution < 1.29 is 17.9 Å². The van der Waals surface area contributed by atoms with Gasteiger partial charge in [0.2, 0.25) is 0 Å². The van der Waals surface area contributed by atoms with Gasteiger partial charge in [-0.3, -0.25) is 4.79 Å². The fourth-order valence-electron chi connectivity index (χ4n) is 6.04. The Morgan fingerprint density at radius 3 is 2.48 bits per heavy atom. The fraction of sp³-hybridized carbons (Fsp3) is 0.609. The summed E-state index contributed by atoms with van der Waals surface area (Å²) in [6.45, 7) is 0.489. The number of hydrogen-bond donors (Lipinski definition) is 2. The smallest absolute Gasteiger partial charge is 0.394 e. The van der Waals surface area contributed by atoms with E-state index in [1.54, 1.807) is 16.7 Å². The zero-order chi connectivity index (χ0) is 23.2. The number of halogens is 3. The maximum Gasteiger partial charge on any atom is 0.394 e. The molecule has 10 heteroatoms. The lowest BCUT2D eigenvalue weighted by atomic mass is 9.34. The summed E-state index contributed by atoms with van der Waals surface area (Å²) in [5, 5.41) is 0. The Labute approximate surface area is 188 Å². The third kappa shape index (κ3) is 3.09. The highest BCUT2D eigenvalue weighted by atomic mass is 19.4. The molecule has 2 bridgehead atoms. The Morgan fingerprint density at radius 2 is 1.82 bits per heavy atom. The van der Waals surface area contributed by atoms with Gasteiger partial charge in [-0.05, 0) is 56.6 Å². The van der Waals surface area contributed by atoms with Crippen molar-refractivity contribution in [1.82, 2.24) is 14.5 Å². The Balaban J connectivity index is 1.26. The SMILES string of the molecule is Nc1nc([C@H]2CCO[C@@H](c3ccc(=O)n(C4CC4)c3)C2)nc(C23CC(C(F)(F)F)(C2)C3)c1N. The van der Waals surface area contributed by atoms with E-state index in [2.05, 4.69) is 4.98 Å². The quantitative estimate of drug-likeness (QED) is 0.718. The number of ether oxygens (including phenoxy) is 1. The second-order valence-corrected chi connectivity index (χ2v) is 10.3. The molecule has 2 aromatic heterocycles. The minimum absolute atomic E-state index is 0.0110. The van der Waals surface area contributed by atoms with Gasteiger partial charge in [-0.15, -0.1) is 0 Å². The summed E-state index contributed by atoms with van der Waals surface area (Å²) < 4.78 is 47.8. The molecule has 0 spiro atoms. The molecule has 7 rings (SSSR count). The first-order chi connectivity index (χ1) is 15.6. The number of alkyl halides is 3. The molecule has 0 amide bonds. The number of rotatable bonds is 4. The van der Waals surface area contributed by atoms with Crippen LogP contribution in [0.4, 0.5) is 24.7 Å². The molecule has 0 radical (unpaired) electrons. The van der Waals surface area contributed by atoms with Crippen LogP contribution in [0.25, 0.3) is 0 Å². The van der Waals surface area contributed by atoms with Gasteiger partial charge in [-0.2, -0.15) is 13.2 Å². The molecule has 33 heavy (non-hydrogen) atoms. The number of nitrogens with two attached hydrogens (primary N) is 2. The predicted molar refractivity (Wildman–Crippen MR) is 115 cm³/mol. The average Bonchev–Trinajstić information content (AvgIpc) is 3.53. The van der Waals surface area contributed by atoms with E-state index in [-0.39, 0.29) is 54.4 Å². The van der Waals surface area contributed by atoms with E-state index in [0.717, 1.165) is 18.4 Å². The summed E-state index contributed by atoms with van der Waals surface area (Å²) in [7, 11) is 0. The van der Waals surface area contributed by atoms with Gasteiger partial charge < -0.3 is 20.8 Å². The minimum Gasteiger partial charge on any atom is -0.394 e. The van der Waals surface area contributed by atoms with Crippen molar-refractivity contribution >= 4 is 11.5 Å². The second-order valence-electron chi connectivity index (χ2n) is 10.3. The van der Waals surface area contributed by atoms with Crippen molar-refractivity contribution in [1.29, 1.82) is 0 Å². The van der Waals surface area contributed by atoms with E-state index in [9.17, 15) is 18.0 Å². The molecule has 5 fully saturated rings. The van der Waals surface area contributed by atoms with E-state index in [1.165, 1.54) is 0 Å². The standard InChI is InChI=1S/C23H26F3N5O2/c24-23(25,26)22-9-21(10-22,11-22)18-17(27)19(28)30-20(29-18)12-5-6-33-15(7-12)13-1-4-16(32)31(8-13)14-2-3-14/h1,4,8,12,14-15H,2-3,5-7,9-11,27H2,(H2,28,29,30)/t12-,15+,21?,22?/m0/s1. The number of nitrogens with zero attached hydrogens (tertiary/aromatic N) is 3. The molecule has 7 nitrogen and oxygen atoms in total. The zero-order valence-corrected chi connectivity index (χ0v) is 18.1. The molecule has 2 atom stereocenters. The predicted octanol–water partition coefficient (Wildman–Crippen LogP) is 3.76. The lowest BCUT2D eigenvalue weighted by molar-refractivity contribution is -0.337. The number of nitrogen functional groups attached to an aromatic ring is 2. The van der Waals surface area contributed by atoms with E-state index >= 15 is 0 Å². The van der Waals surface area contributed by atoms with Crippen LogP contribution in [0.1, 0.15) is 80.1 Å². The molecule has 4 N–H and O–H groups in total. The number of hydrogen-bond acceptors (Lipinski definition) is 6. The average molecular weight is 461 g/mol. The Morgan fingerprint density at radius 1 is 1.09 bits per heavy atom. The van der Waals surface area contributed by atoms with Crippen LogP contribution in [0.5, 0.6) is 0 Å². The van der Waals surface area contributed by atoms with Crippen LogP contribution in [0.15, 0.2) is 23.1 Å². The van der Waals surface area contributed by atoms with Crippen LogP contribution >= 0.6 is 0 Å². The van der Waals surface area contributed by atoms with Gasteiger partial charge in [0.05, 0.1) is 22.9 Å². The lowest BCUT2D eigenvalue weighted by Crippen LogP contribution is -2.70. The van der Waals surface area contributed by atoms with Gasteiger partial charge in [0.25, 0.3) is 5.56 Å². The summed E-state index contributed by atoms with van der Waals surface area (Å²) in [5.74, 6) is 0.591. The first-order valence-electron chi connectivity index (χ1n) is 11.4. The monoisotopic (exact) mass is 461 g/mol. The summed E-state index contributed by atoms with van der Waals surface area (Å²) in [5.41, 5.74) is 11.6. The zero-order valence-electron chi connectivity index (χ0n) is 18.1. The van der Waals surface area contributed by atoms with E-state index < -0.39 is 17.0 Å². The van der Waals surface area contributed by atoms with Crippen LogP contribution < -0.4 is 17.0 Å². The highest BCUT2D eigenvalue weighted by Gasteiger charge is 2.79. The van der Waals surface area contributed by atoms with E-state index in [1.807, 2.05) is 6.20 Å². The Bertz CT molecular complexity index is 1170. The number of aromatic nitrogens is 3. The maximum absolute atomic E-state index is 13.3. The first kappa shape index (κ1) is 20.9. The third-order valence-electron chi connectivity index (χ3n) is 8.05. The normalized spacial score (nSPS) is 33.3. The second kappa shape index (κ2) is 6.71. The van der Waals surface area contributed by atoms with Crippen LogP contribution in [0.3, 0.4) is 0 Å². The van der Waals surface area contributed by atoms with Gasteiger partial charge >= 0.3 is 6.18 Å². The van der Waals surface area contributed by atoms with Crippen molar-refractivity contribution in [3.8, 4) is 0 Å². The van der Waals surface area contributed by atoms with Crippen LogP contribution in [-0.4, -0.2) is 27.3 Å². The van der Waals surface area contributed by atoms with Crippen molar-refractivity contribution in [3.63, 3.8) is 0 Å². The summed E-state index contributed by atoms with van der Waals surface area (Å²) in [6.07, 6.45) is 0.820. The van der Waals surface area contributed by atoms with Gasteiger partial charge in [0.15, 0.2) is 5.82 Å². The highest BCUT2D eigenvalue weighted by molar-refractivity contribution is 5.65. The molecular formula is C23H26F3N5O2. The Hall–Kier alpha value is -2.62. The summed E-state index contributed by atoms with van der Waals surface area (Å²) in [6, 6.07) is 3.65. The van der Waals surface area contributed by atoms with Crippen molar-refractivity contribution in [2.45, 2.75) is 74.6 Å². The fourth-order valence-corrected chi connectivity index (χ4v) is 6.04. The molecule has 4 aliphatic carbocycles. The summed E-state index contributed by atoms with van der Waals surface area (Å²) >= 11 is 0. The van der Waals surface area contributed by atoms with E-state index in [4.69, 9.17) is 21.2 Å². The molecule has 5 aliphatic rings. The van der Waals surface area contributed by atoms with Gasteiger partial charge in [0, 0.05) is 36.2 Å². The topological polar surface area (TPSA) is 109 Å². The molecule has 3 heterocycles. The summed E-state index contributed by atoms with van der Waals surface area (Å²) in [4.78, 5) is 21.3. The highest BCUT2D eigenvalue weighted by Crippen LogP contribution is 2.78. The molecule has 2 aromatic rings. The minimum atomic E-state index is -4.20. The third-order valence-corrected chi connectivity index (χ3v) is 8.05. The van der Waals surface area contributed by atoms with Crippen molar-refractivity contribution in [2.75, 3.05) is 18.1 Å². The maximum atomic E-state index is 13.3. The van der Waals surface area contributed by atoms with Crippen molar-refractivity contribution in [2.24, 2.45) is 5.41 Å². The molecule has 1 saturated heterocycles. The molecule has 176 valence electrons. The molecular weight excluding hydrogens is 435 g/mol. The molecule has 4 saturated carbocycles. The van der Waals surface area contributed by atoms with Gasteiger partial charge in [-0.1, -0.05) is 0 Å². The van der Waals surface area contributed by atoms with Gasteiger partial charge in [-0.25, -0.2) is 9.97 Å². The Kier molecular flexibility index (Phi) is 4.26. The van der Waals surface area contributed by atoms with E-state index in [0.29, 0.717) is 31.0 Å². The molecule has 0 unspecified atom stereocenters. The van der Waals surface area contributed by atoms with Crippen LogP contribution in [0, 0.1) is 5.41 Å². The molecule has 0 aromatic carbocycles. The number of pyridine rings is 1. The first-order valence-corrected chi connectivity index (χ1v) is 11.4.